The third-order valence-corrected chi connectivity index (χ3v) is 10.0. The summed E-state index contributed by atoms with van der Waals surface area (Å²) in [4.78, 5) is 1.35. The lowest BCUT2D eigenvalue weighted by molar-refractivity contribution is 0.0645. The smallest absolute Gasteiger partial charge is 0.123 e. The van der Waals surface area contributed by atoms with E-state index in [2.05, 4.69) is 76.4 Å². The molecule has 1 nitrogen and oxygen atoms in total. The Labute approximate surface area is 215 Å². The Morgan fingerprint density at radius 2 is 1.49 bits per heavy atom. The number of aromatic hydroxyl groups is 1. The van der Waals surface area contributed by atoms with E-state index in [4.69, 9.17) is 0 Å². The molecule has 0 bridgehead atoms. The van der Waals surface area contributed by atoms with Gasteiger partial charge in [-0.3, -0.25) is 0 Å². The first-order valence-corrected chi connectivity index (χ1v) is 14.8. The van der Waals surface area contributed by atoms with Crippen LogP contribution in [0.3, 0.4) is 0 Å². The number of hydrogen-bond acceptors (Lipinski definition) is 2. The van der Waals surface area contributed by atoms with E-state index in [9.17, 15) is 5.11 Å². The summed E-state index contributed by atoms with van der Waals surface area (Å²) in [6.07, 6.45) is 12.3. The highest BCUT2D eigenvalue weighted by Crippen LogP contribution is 2.65. The number of rotatable bonds is 2. The van der Waals surface area contributed by atoms with E-state index in [1.54, 1.807) is 0 Å². The van der Waals surface area contributed by atoms with E-state index >= 15 is 0 Å². The maximum Gasteiger partial charge on any atom is 0.123 e. The average molecular weight is 485 g/mol. The molecule has 0 heterocycles. The van der Waals surface area contributed by atoms with Gasteiger partial charge in [0.1, 0.15) is 5.75 Å². The molecule has 2 heteroatoms. The van der Waals surface area contributed by atoms with Gasteiger partial charge in [0, 0.05) is 15.7 Å². The summed E-state index contributed by atoms with van der Waals surface area (Å²) in [5.41, 5.74) is 7.62. The molecular formula is C33H40OS. The Kier molecular flexibility index (Phi) is 5.39. The minimum Gasteiger partial charge on any atom is -0.507 e. The maximum absolute atomic E-state index is 11.5. The number of hydrogen-bond donors (Lipinski definition) is 1. The van der Waals surface area contributed by atoms with Crippen LogP contribution in [-0.2, 0) is 5.41 Å². The zero-order chi connectivity index (χ0) is 24.6. The summed E-state index contributed by atoms with van der Waals surface area (Å²) < 4.78 is 0. The van der Waals surface area contributed by atoms with Gasteiger partial charge in [-0.25, -0.2) is 0 Å². The van der Waals surface area contributed by atoms with E-state index in [0.717, 1.165) is 18.2 Å². The van der Waals surface area contributed by atoms with Gasteiger partial charge < -0.3 is 5.11 Å². The predicted molar refractivity (Wildman–Crippen MR) is 151 cm³/mol. The van der Waals surface area contributed by atoms with Crippen molar-refractivity contribution in [1.82, 2.24) is 0 Å². The zero-order valence-electron chi connectivity index (χ0n) is 22.1. The van der Waals surface area contributed by atoms with Crippen LogP contribution in [0.4, 0.5) is 0 Å². The van der Waals surface area contributed by atoms with Crippen molar-refractivity contribution in [2.45, 2.75) is 95.3 Å². The first-order chi connectivity index (χ1) is 16.6. The Morgan fingerprint density at radius 1 is 0.800 bits per heavy atom. The lowest BCUT2D eigenvalue weighted by atomic mass is 9.52. The fourth-order valence-electron chi connectivity index (χ4n) is 8.79. The predicted octanol–water partition coefficient (Wildman–Crippen LogP) is 9.82. The van der Waals surface area contributed by atoms with Crippen molar-refractivity contribution < 1.29 is 5.11 Å². The molecule has 6 rings (SSSR count). The van der Waals surface area contributed by atoms with Crippen molar-refractivity contribution in [3.8, 4) is 16.9 Å². The number of phenols is 1. The molecule has 2 fully saturated rings. The Balaban J connectivity index is 1.67. The van der Waals surface area contributed by atoms with Gasteiger partial charge in [-0.15, -0.1) is 11.8 Å². The van der Waals surface area contributed by atoms with Crippen LogP contribution in [0.1, 0.15) is 102 Å². The van der Waals surface area contributed by atoms with Crippen LogP contribution in [0.2, 0.25) is 0 Å². The molecule has 3 aliphatic rings. The van der Waals surface area contributed by atoms with Crippen LogP contribution in [0.15, 0.2) is 47.4 Å². The molecule has 3 aromatic carbocycles. The Hall–Kier alpha value is -1.93. The van der Waals surface area contributed by atoms with E-state index in [0.29, 0.717) is 11.7 Å². The first-order valence-electron chi connectivity index (χ1n) is 13.6. The quantitative estimate of drug-likeness (QED) is 0.365. The highest BCUT2D eigenvalue weighted by Gasteiger charge is 2.53. The van der Waals surface area contributed by atoms with Gasteiger partial charge in [-0.2, -0.15) is 0 Å². The molecule has 2 saturated carbocycles. The molecule has 1 N–H and O–H groups in total. The molecular weight excluding hydrogens is 444 g/mol. The summed E-state index contributed by atoms with van der Waals surface area (Å²) >= 11 is 1.84. The highest BCUT2D eigenvalue weighted by molar-refractivity contribution is 7.98. The number of thioether (sulfide) groups is 1. The van der Waals surface area contributed by atoms with Crippen LogP contribution in [0, 0.1) is 10.8 Å². The van der Waals surface area contributed by atoms with Crippen molar-refractivity contribution in [3.63, 3.8) is 0 Å². The molecule has 0 radical (unpaired) electrons. The lowest BCUT2D eigenvalue weighted by Gasteiger charge is -2.51. The van der Waals surface area contributed by atoms with Crippen LogP contribution in [0.25, 0.3) is 21.9 Å². The van der Waals surface area contributed by atoms with Gasteiger partial charge in [-0.1, -0.05) is 71.2 Å². The molecule has 0 atom stereocenters. The van der Waals surface area contributed by atoms with E-state index in [1.165, 1.54) is 76.6 Å². The molecule has 35 heavy (non-hydrogen) atoms. The van der Waals surface area contributed by atoms with E-state index < -0.39 is 0 Å². The minimum atomic E-state index is -0.0357. The van der Waals surface area contributed by atoms with Gasteiger partial charge >= 0.3 is 0 Å². The molecule has 0 unspecified atom stereocenters. The fourth-order valence-corrected chi connectivity index (χ4v) is 9.48. The van der Waals surface area contributed by atoms with Gasteiger partial charge in [0.15, 0.2) is 0 Å². The summed E-state index contributed by atoms with van der Waals surface area (Å²) in [6.45, 7) is 9.79. The Bertz CT molecular complexity index is 1290. The first kappa shape index (κ1) is 23.5. The molecule has 3 aliphatic carbocycles. The van der Waals surface area contributed by atoms with Crippen molar-refractivity contribution in [3.05, 3.63) is 59.2 Å². The largest absolute Gasteiger partial charge is 0.507 e. The third kappa shape index (κ3) is 3.66. The molecule has 0 aliphatic heterocycles. The van der Waals surface area contributed by atoms with E-state index in [-0.39, 0.29) is 16.2 Å². The number of fused-ring (bicyclic) bond motifs is 7. The number of benzene rings is 3. The molecule has 3 aromatic rings. The van der Waals surface area contributed by atoms with Gasteiger partial charge in [0.2, 0.25) is 0 Å². The molecule has 0 aromatic heterocycles. The topological polar surface area (TPSA) is 20.2 Å². The Morgan fingerprint density at radius 3 is 2.17 bits per heavy atom. The monoisotopic (exact) mass is 484 g/mol. The van der Waals surface area contributed by atoms with Crippen molar-refractivity contribution in [2.75, 3.05) is 6.26 Å². The van der Waals surface area contributed by atoms with Crippen LogP contribution < -0.4 is 0 Å². The van der Waals surface area contributed by atoms with Crippen LogP contribution in [0.5, 0.6) is 5.75 Å². The molecule has 0 saturated heterocycles. The van der Waals surface area contributed by atoms with E-state index in [1.807, 2.05) is 11.8 Å². The SMILES string of the molecule is CSc1cc2c(O)cc3c(c2cc1C1CCCCC1)-c1ccccc1C31CC(C)(C)CC(C)(C)C1. The molecule has 184 valence electrons. The zero-order valence-corrected chi connectivity index (χ0v) is 22.9. The van der Waals surface area contributed by atoms with Gasteiger partial charge in [0.05, 0.1) is 0 Å². The van der Waals surface area contributed by atoms with Gasteiger partial charge in [-0.05, 0) is 107 Å². The minimum absolute atomic E-state index is 0.0357. The van der Waals surface area contributed by atoms with Gasteiger partial charge in [0.25, 0.3) is 0 Å². The highest BCUT2D eigenvalue weighted by atomic mass is 32.2. The molecule has 1 spiro atoms. The van der Waals surface area contributed by atoms with Crippen LogP contribution in [-0.4, -0.2) is 11.4 Å². The van der Waals surface area contributed by atoms with Crippen LogP contribution >= 0.6 is 11.8 Å². The van der Waals surface area contributed by atoms with Crippen molar-refractivity contribution in [2.24, 2.45) is 10.8 Å². The van der Waals surface area contributed by atoms with Crippen molar-refractivity contribution in [1.29, 1.82) is 0 Å². The second kappa shape index (κ2) is 8.04. The summed E-state index contributed by atoms with van der Waals surface area (Å²) in [7, 11) is 0. The standard InChI is InChI=1S/C33H40OS/c1-31(2)18-32(3,4)20-33(19-31)26-14-10-9-13-22(26)30-25-15-23(21-11-7-6-8-12-21)29(35-5)16-24(25)28(34)17-27(30)33/h9-10,13-17,21,34H,6-8,11-12,18-20H2,1-5H3. The fraction of sp³-hybridized carbons (Fsp3) is 0.515. The summed E-state index contributed by atoms with van der Waals surface area (Å²) in [5, 5.41) is 13.8. The maximum atomic E-state index is 11.5. The molecule has 0 amide bonds. The average Bonchev–Trinajstić information content (AvgIpc) is 3.05. The summed E-state index contributed by atoms with van der Waals surface area (Å²) in [6, 6.07) is 16.1. The van der Waals surface area contributed by atoms with Crippen molar-refractivity contribution >= 4 is 22.5 Å². The lowest BCUT2D eigenvalue weighted by Crippen LogP contribution is -2.43. The second-order valence-corrected chi connectivity index (χ2v) is 14.1. The third-order valence-electron chi connectivity index (χ3n) is 9.26. The number of phenolic OH excluding ortho intramolecular Hbond substituents is 1. The summed E-state index contributed by atoms with van der Waals surface area (Å²) in [5.74, 6) is 1.10. The normalized spacial score (nSPS) is 22.3. The second-order valence-electron chi connectivity index (χ2n) is 13.3.